The molecule has 0 atom stereocenters. The number of allylic oxidation sites excluding steroid dienone is 2. The van der Waals surface area contributed by atoms with Gasteiger partial charge < -0.3 is 5.32 Å². The lowest BCUT2D eigenvalue weighted by atomic mass is 10.2. The summed E-state index contributed by atoms with van der Waals surface area (Å²) in [5.41, 5.74) is -1.64. The van der Waals surface area contributed by atoms with Crippen LogP contribution in [0.25, 0.3) is 0 Å². The number of nitriles is 3. The number of anilines is 1. The first kappa shape index (κ1) is 13.6. The summed E-state index contributed by atoms with van der Waals surface area (Å²) in [4.78, 5) is 9.64. The van der Waals surface area contributed by atoms with Gasteiger partial charge in [-0.2, -0.15) is 15.8 Å². The van der Waals surface area contributed by atoms with Gasteiger partial charge in [0.05, 0.1) is 16.7 Å². The summed E-state index contributed by atoms with van der Waals surface area (Å²) in [6, 6.07) is 7.22. The van der Waals surface area contributed by atoms with Gasteiger partial charge in [-0.15, -0.1) is 0 Å². The zero-order valence-electron chi connectivity index (χ0n) is 9.22. The van der Waals surface area contributed by atoms with Gasteiger partial charge in [-0.1, -0.05) is 0 Å². The fraction of sp³-hybridized carbons (Fsp3) is 0. The predicted octanol–water partition coefficient (Wildman–Crippen LogP) is 1.97. The standard InChI is InChI=1S/C11H4FN5O2/c12-9-3-8(17(18)19)1-2-10(9)16-11(6-15)7(4-13)5-14/h1-3,16H. The van der Waals surface area contributed by atoms with E-state index in [1.54, 1.807) is 6.07 Å². The molecular formula is C11H4FN5O2. The van der Waals surface area contributed by atoms with Crippen molar-refractivity contribution >= 4 is 11.4 Å². The maximum atomic E-state index is 13.5. The van der Waals surface area contributed by atoms with Gasteiger partial charge >= 0.3 is 0 Å². The number of rotatable bonds is 3. The van der Waals surface area contributed by atoms with E-state index >= 15 is 0 Å². The molecule has 0 aliphatic heterocycles. The van der Waals surface area contributed by atoms with E-state index in [9.17, 15) is 14.5 Å². The van der Waals surface area contributed by atoms with Crippen molar-refractivity contribution in [3.63, 3.8) is 0 Å². The molecule has 1 aromatic carbocycles. The number of benzene rings is 1. The molecule has 0 amide bonds. The number of nitro benzene ring substituents is 1. The Morgan fingerprint density at radius 1 is 1.26 bits per heavy atom. The van der Waals surface area contributed by atoms with Crippen LogP contribution in [0.1, 0.15) is 0 Å². The van der Waals surface area contributed by atoms with Crippen LogP contribution in [0.2, 0.25) is 0 Å². The Hall–Kier alpha value is -3.44. The molecule has 0 saturated carbocycles. The lowest BCUT2D eigenvalue weighted by Gasteiger charge is -2.05. The van der Waals surface area contributed by atoms with Crippen molar-refractivity contribution < 1.29 is 9.31 Å². The summed E-state index contributed by atoms with van der Waals surface area (Å²) in [7, 11) is 0. The van der Waals surface area contributed by atoms with Crippen LogP contribution in [0.4, 0.5) is 15.8 Å². The molecule has 1 N–H and O–H groups in total. The third-order valence-electron chi connectivity index (χ3n) is 2.01. The third kappa shape index (κ3) is 3.02. The zero-order valence-corrected chi connectivity index (χ0v) is 9.22. The van der Waals surface area contributed by atoms with Crippen LogP contribution < -0.4 is 5.32 Å². The molecule has 0 radical (unpaired) electrons. The SMILES string of the molecule is N#CC(C#N)=C(C#N)Nc1ccc([N+](=O)[O-])cc1F. The number of halogens is 1. The minimum absolute atomic E-state index is 0.245. The third-order valence-corrected chi connectivity index (χ3v) is 2.01. The number of non-ortho nitro benzene ring substituents is 1. The first-order valence-corrected chi connectivity index (χ1v) is 4.69. The van der Waals surface area contributed by atoms with E-state index in [0.717, 1.165) is 12.1 Å². The van der Waals surface area contributed by atoms with E-state index in [1.807, 2.05) is 0 Å². The first-order chi connectivity index (χ1) is 9.03. The Balaban J connectivity index is 3.19. The van der Waals surface area contributed by atoms with Crippen molar-refractivity contribution in [3.05, 3.63) is 45.4 Å². The van der Waals surface area contributed by atoms with Crippen molar-refractivity contribution in [1.82, 2.24) is 0 Å². The summed E-state index contributed by atoms with van der Waals surface area (Å²) in [6.07, 6.45) is 0. The highest BCUT2D eigenvalue weighted by atomic mass is 19.1. The highest BCUT2D eigenvalue weighted by Crippen LogP contribution is 2.22. The molecule has 1 aromatic rings. The van der Waals surface area contributed by atoms with Gasteiger partial charge in [-0.25, -0.2) is 4.39 Å². The molecule has 1 rings (SSSR count). The molecule has 0 aliphatic rings. The minimum Gasteiger partial charge on any atom is -0.343 e. The lowest BCUT2D eigenvalue weighted by Crippen LogP contribution is -2.03. The average molecular weight is 257 g/mol. The predicted molar refractivity (Wildman–Crippen MR) is 60.5 cm³/mol. The van der Waals surface area contributed by atoms with Crippen LogP contribution >= 0.6 is 0 Å². The van der Waals surface area contributed by atoms with Crippen LogP contribution in [-0.2, 0) is 0 Å². The van der Waals surface area contributed by atoms with E-state index in [1.165, 1.54) is 12.1 Å². The molecule has 8 heteroatoms. The molecule has 0 aromatic heterocycles. The van der Waals surface area contributed by atoms with Gasteiger partial charge in [0.2, 0.25) is 0 Å². The molecule has 0 heterocycles. The smallest absolute Gasteiger partial charge is 0.272 e. The van der Waals surface area contributed by atoms with Crippen molar-refractivity contribution in [1.29, 1.82) is 15.8 Å². The number of nitro groups is 1. The topological polar surface area (TPSA) is 127 Å². The Morgan fingerprint density at radius 2 is 1.89 bits per heavy atom. The number of hydrogen-bond donors (Lipinski definition) is 1. The number of nitrogens with one attached hydrogen (secondary N) is 1. The molecule has 19 heavy (non-hydrogen) atoms. The highest BCUT2D eigenvalue weighted by Gasteiger charge is 2.13. The molecule has 0 aliphatic carbocycles. The second-order valence-corrected chi connectivity index (χ2v) is 3.13. The molecule has 92 valence electrons. The monoisotopic (exact) mass is 257 g/mol. The molecule has 0 saturated heterocycles. The van der Waals surface area contributed by atoms with Crippen molar-refractivity contribution in [3.8, 4) is 18.2 Å². The van der Waals surface area contributed by atoms with Gasteiger partial charge in [0.1, 0.15) is 23.9 Å². The zero-order chi connectivity index (χ0) is 14.4. The fourth-order valence-corrected chi connectivity index (χ4v) is 1.14. The van der Waals surface area contributed by atoms with Crippen molar-refractivity contribution in [2.75, 3.05) is 5.32 Å². The maximum Gasteiger partial charge on any atom is 0.272 e. The van der Waals surface area contributed by atoms with Crippen LogP contribution in [0.15, 0.2) is 29.5 Å². The maximum absolute atomic E-state index is 13.5. The summed E-state index contributed by atoms with van der Waals surface area (Å²) < 4.78 is 13.5. The summed E-state index contributed by atoms with van der Waals surface area (Å²) in [5.74, 6) is -0.975. The van der Waals surface area contributed by atoms with Crippen LogP contribution in [0, 0.1) is 49.9 Å². The Labute approximate surface area is 106 Å². The van der Waals surface area contributed by atoms with Crippen LogP contribution in [-0.4, -0.2) is 4.92 Å². The van der Waals surface area contributed by atoms with Crippen molar-refractivity contribution in [2.45, 2.75) is 0 Å². The molecular weight excluding hydrogens is 253 g/mol. The van der Waals surface area contributed by atoms with Crippen LogP contribution in [0.3, 0.4) is 0 Å². The van der Waals surface area contributed by atoms with Crippen LogP contribution in [0.5, 0.6) is 0 Å². The summed E-state index contributed by atoms with van der Waals surface area (Å²) in [5, 5.41) is 38.6. The molecule has 7 nitrogen and oxygen atoms in total. The van der Waals surface area contributed by atoms with E-state index < -0.39 is 27.7 Å². The summed E-state index contributed by atoms with van der Waals surface area (Å²) in [6.45, 7) is 0. The van der Waals surface area contributed by atoms with Gasteiger partial charge in [0, 0.05) is 6.07 Å². The minimum atomic E-state index is -0.975. The molecule has 0 unspecified atom stereocenters. The highest BCUT2D eigenvalue weighted by molar-refractivity contribution is 5.60. The van der Waals surface area contributed by atoms with Gasteiger partial charge in [-0.05, 0) is 6.07 Å². The van der Waals surface area contributed by atoms with Crippen molar-refractivity contribution in [2.24, 2.45) is 0 Å². The lowest BCUT2D eigenvalue weighted by molar-refractivity contribution is -0.385. The molecule has 0 fully saturated rings. The van der Waals surface area contributed by atoms with E-state index in [0.29, 0.717) is 6.07 Å². The normalized spacial score (nSPS) is 8.53. The van der Waals surface area contributed by atoms with E-state index in [4.69, 9.17) is 15.8 Å². The second kappa shape index (κ2) is 5.76. The average Bonchev–Trinajstić information content (AvgIpc) is 2.40. The quantitative estimate of drug-likeness (QED) is 0.501. The Bertz CT molecular complexity index is 675. The van der Waals surface area contributed by atoms with Gasteiger partial charge in [0.25, 0.3) is 5.69 Å². The van der Waals surface area contributed by atoms with Gasteiger partial charge in [-0.3, -0.25) is 10.1 Å². The largest absolute Gasteiger partial charge is 0.343 e. The Kier molecular flexibility index (Phi) is 4.13. The van der Waals surface area contributed by atoms with E-state index in [2.05, 4.69) is 5.32 Å². The molecule has 0 bridgehead atoms. The summed E-state index contributed by atoms with van der Waals surface area (Å²) >= 11 is 0. The Morgan fingerprint density at radius 3 is 2.32 bits per heavy atom. The van der Waals surface area contributed by atoms with E-state index in [-0.39, 0.29) is 5.69 Å². The number of hydrogen-bond acceptors (Lipinski definition) is 6. The molecule has 0 spiro atoms. The first-order valence-electron chi connectivity index (χ1n) is 4.69. The second-order valence-electron chi connectivity index (χ2n) is 3.13. The number of nitrogens with zero attached hydrogens (tertiary/aromatic N) is 4. The fourth-order valence-electron chi connectivity index (χ4n) is 1.14. The van der Waals surface area contributed by atoms with Gasteiger partial charge in [0.15, 0.2) is 11.4 Å².